The third-order valence-electron chi connectivity index (χ3n) is 4.14. The Bertz CT molecular complexity index is 890. The summed E-state index contributed by atoms with van der Waals surface area (Å²) >= 11 is 0. The molecule has 0 bridgehead atoms. The molecule has 0 amide bonds. The minimum Gasteiger partial charge on any atom is -0.497 e. The number of guanidine groups is 1. The molecule has 7 heteroatoms. The fourth-order valence-electron chi connectivity index (χ4n) is 2.55. The van der Waals surface area contributed by atoms with Gasteiger partial charge in [-0.2, -0.15) is 0 Å². The summed E-state index contributed by atoms with van der Waals surface area (Å²) in [5.41, 5.74) is 3.37. The van der Waals surface area contributed by atoms with Gasteiger partial charge in [-0.3, -0.25) is 4.99 Å². The summed E-state index contributed by atoms with van der Waals surface area (Å²) in [5.74, 6) is 2.89. The Balaban J connectivity index is 0.00000280. The lowest BCUT2D eigenvalue weighted by Crippen LogP contribution is -2.36. The first-order valence-corrected chi connectivity index (χ1v) is 8.77. The van der Waals surface area contributed by atoms with Crippen molar-refractivity contribution in [3.05, 3.63) is 71.7 Å². The zero-order valence-corrected chi connectivity index (χ0v) is 18.6. The summed E-state index contributed by atoms with van der Waals surface area (Å²) in [6.07, 6.45) is 1.75. The van der Waals surface area contributed by atoms with E-state index in [1.165, 1.54) is 5.56 Å². The van der Waals surface area contributed by atoms with Gasteiger partial charge in [0.05, 0.1) is 19.9 Å². The number of rotatable bonds is 6. The van der Waals surface area contributed by atoms with Gasteiger partial charge in [-0.1, -0.05) is 42.0 Å². The molecule has 6 nitrogen and oxygen atoms in total. The van der Waals surface area contributed by atoms with Gasteiger partial charge in [0.25, 0.3) is 0 Å². The highest BCUT2D eigenvalue weighted by atomic mass is 127. The van der Waals surface area contributed by atoms with Crippen molar-refractivity contribution in [2.45, 2.75) is 20.0 Å². The molecule has 2 aromatic carbocycles. The van der Waals surface area contributed by atoms with E-state index in [0.29, 0.717) is 24.9 Å². The quantitative estimate of drug-likeness (QED) is 0.308. The molecule has 0 saturated carbocycles. The number of nitrogens with zero attached hydrogens (tertiary/aromatic N) is 2. The largest absolute Gasteiger partial charge is 0.497 e. The molecule has 0 fully saturated rings. The van der Waals surface area contributed by atoms with Crippen LogP contribution in [0.4, 0.5) is 0 Å². The van der Waals surface area contributed by atoms with Crippen molar-refractivity contribution in [1.82, 2.24) is 15.6 Å². The highest BCUT2D eigenvalue weighted by Gasteiger charge is 2.07. The maximum absolute atomic E-state index is 5.82. The van der Waals surface area contributed by atoms with Crippen LogP contribution in [0.15, 0.2) is 64.1 Å². The van der Waals surface area contributed by atoms with Crippen LogP contribution < -0.4 is 15.4 Å². The minimum atomic E-state index is 0. The molecule has 0 radical (unpaired) electrons. The molecule has 0 aliphatic carbocycles. The van der Waals surface area contributed by atoms with Crippen LogP contribution in [0.5, 0.6) is 5.75 Å². The van der Waals surface area contributed by atoms with Crippen molar-refractivity contribution in [2.24, 2.45) is 4.99 Å². The topological polar surface area (TPSA) is 71.7 Å². The Labute approximate surface area is 182 Å². The highest BCUT2D eigenvalue weighted by molar-refractivity contribution is 14.0. The number of halogens is 1. The summed E-state index contributed by atoms with van der Waals surface area (Å²) in [6.45, 7) is 3.17. The van der Waals surface area contributed by atoms with E-state index in [-0.39, 0.29) is 24.0 Å². The summed E-state index contributed by atoms with van der Waals surface area (Å²) in [4.78, 5) is 8.56. The van der Waals surface area contributed by atoms with Gasteiger partial charge in [-0.05, 0) is 24.6 Å². The molecule has 2 N–H and O–H groups in total. The monoisotopic (exact) mass is 492 g/mol. The Morgan fingerprint density at radius 2 is 1.71 bits per heavy atom. The molecular weight excluding hydrogens is 467 g/mol. The summed E-state index contributed by atoms with van der Waals surface area (Å²) in [5, 5.41) is 6.48. The van der Waals surface area contributed by atoms with Gasteiger partial charge in [0.2, 0.25) is 5.89 Å². The predicted octanol–water partition coefficient (Wildman–Crippen LogP) is 4.14. The zero-order chi connectivity index (χ0) is 19.1. The van der Waals surface area contributed by atoms with Gasteiger partial charge in [0.1, 0.15) is 5.75 Å². The summed E-state index contributed by atoms with van der Waals surface area (Å²) < 4.78 is 11.0. The third kappa shape index (κ3) is 5.98. The first kappa shape index (κ1) is 21.7. The summed E-state index contributed by atoms with van der Waals surface area (Å²) in [6, 6.07) is 16.1. The molecule has 0 spiro atoms. The molecule has 28 heavy (non-hydrogen) atoms. The Kier molecular flexibility index (Phi) is 8.31. The fraction of sp³-hybridized carbons (Fsp3) is 0.238. The third-order valence-corrected chi connectivity index (χ3v) is 4.14. The Morgan fingerprint density at radius 1 is 1.04 bits per heavy atom. The van der Waals surface area contributed by atoms with Crippen molar-refractivity contribution in [1.29, 1.82) is 0 Å². The average molecular weight is 492 g/mol. The SMILES string of the molecule is CN=C(NCc1ccc(OC)cc1)NCc1ncc(-c2ccc(C)cc2)o1.I. The van der Waals surface area contributed by atoms with E-state index >= 15 is 0 Å². The van der Waals surface area contributed by atoms with Crippen LogP contribution >= 0.6 is 24.0 Å². The Hall–Kier alpha value is -2.55. The van der Waals surface area contributed by atoms with Gasteiger partial charge < -0.3 is 19.8 Å². The fourth-order valence-corrected chi connectivity index (χ4v) is 2.55. The van der Waals surface area contributed by atoms with Gasteiger partial charge >= 0.3 is 0 Å². The molecule has 0 saturated heterocycles. The maximum atomic E-state index is 5.82. The zero-order valence-electron chi connectivity index (χ0n) is 16.2. The van der Waals surface area contributed by atoms with Crippen LogP contribution in [-0.2, 0) is 13.1 Å². The van der Waals surface area contributed by atoms with Gasteiger partial charge in [0.15, 0.2) is 11.7 Å². The first-order chi connectivity index (χ1) is 13.2. The van der Waals surface area contributed by atoms with Crippen LogP contribution in [-0.4, -0.2) is 25.1 Å². The van der Waals surface area contributed by atoms with Gasteiger partial charge in [-0.15, -0.1) is 24.0 Å². The lowest BCUT2D eigenvalue weighted by atomic mass is 10.1. The molecule has 3 aromatic rings. The van der Waals surface area contributed by atoms with Crippen LogP contribution in [0.1, 0.15) is 17.0 Å². The minimum absolute atomic E-state index is 0. The van der Waals surface area contributed by atoms with Crippen molar-refractivity contribution in [3.8, 4) is 17.1 Å². The smallest absolute Gasteiger partial charge is 0.214 e. The average Bonchev–Trinajstić information content (AvgIpc) is 3.18. The number of ether oxygens (including phenoxy) is 1. The van der Waals surface area contributed by atoms with Gasteiger partial charge in [0, 0.05) is 19.2 Å². The molecule has 0 aliphatic rings. The number of aromatic nitrogens is 1. The number of benzene rings is 2. The second-order valence-corrected chi connectivity index (χ2v) is 6.11. The van der Waals surface area contributed by atoms with Gasteiger partial charge in [-0.25, -0.2) is 4.98 Å². The van der Waals surface area contributed by atoms with E-state index in [1.807, 2.05) is 36.4 Å². The molecule has 0 unspecified atom stereocenters. The number of methoxy groups -OCH3 is 1. The predicted molar refractivity (Wildman–Crippen MR) is 122 cm³/mol. The van der Waals surface area contributed by atoms with E-state index in [9.17, 15) is 0 Å². The lowest BCUT2D eigenvalue weighted by Gasteiger charge is -2.11. The number of hydrogen-bond donors (Lipinski definition) is 2. The second-order valence-electron chi connectivity index (χ2n) is 6.11. The molecule has 3 rings (SSSR count). The number of aliphatic imine (C=N–C) groups is 1. The van der Waals surface area contributed by atoms with E-state index in [2.05, 4.69) is 39.7 Å². The van der Waals surface area contributed by atoms with Crippen molar-refractivity contribution < 1.29 is 9.15 Å². The van der Waals surface area contributed by atoms with E-state index < -0.39 is 0 Å². The Morgan fingerprint density at radius 3 is 2.36 bits per heavy atom. The lowest BCUT2D eigenvalue weighted by molar-refractivity contribution is 0.414. The molecule has 1 heterocycles. The maximum Gasteiger partial charge on any atom is 0.214 e. The molecule has 0 aliphatic heterocycles. The second kappa shape index (κ2) is 10.7. The van der Waals surface area contributed by atoms with E-state index in [1.54, 1.807) is 20.4 Å². The number of hydrogen-bond acceptors (Lipinski definition) is 4. The van der Waals surface area contributed by atoms with E-state index in [0.717, 1.165) is 22.6 Å². The summed E-state index contributed by atoms with van der Waals surface area (Å²) in [7, 11) is 3.39. The normalized spacial score (nSPS) is 10.9. The molecule has 0 atom stereocenters. The molecular formula is C21H25IN4O2. The first-order valence-electron chi connectivity index (χ1n) is 8.77. The van der Waals surface area contributed by atoms with E-state index in [4.69, 9.17) is 9.15 Å². The van der Waals surface area contributed by atoms with Crippen LogP contribution in [0, 0.1) is 6.92 Å². The number of aryl methyl sites for hydroxylation is 1. The molecule has 148 valence electrons. The van der Waals surface area contributed by atoms with Crippen molar-refractivity contribution in [2.75, 3.05) is 14.2 Å². The van der Waals surface area contributed by atoms with Crippen molar-refractivity contribution in [3.63, 3.8) is 0 Å². The van der Waals surface area contributed by atoms with Crippen molar-refractivity contribution >= 4 is 29.9 Å². The number of oxazole rings is 1. The van der Waals surface area contributed by atoms with Crippen LogP contribution in [0.2, 0.25) is 0 Å². The standard InChI is InChI=1S/C21H24N4O2.HI/c1-15-4-8-17(9-5-15)19-13-23-20(27-19)14-25-21(22-2)24-12-16-6-10-18(26-3)11-7-16;/h4-11,13H,12,14H2,1-3H3,(H2,22,24,25);1H. The number of nitrogens with one attached hydrogen (secondary N) is 2. The van der Waals surface area contributed by atoms with Crippen LogP contribution in [0.3, 0.4) is 0 Å². The highest BCUT2D eigenvalue weighted by Crippen LogP contribution is 2.20. The molecule has 1 aromatic heterocycles. The van der Waals surface area contributed by atoms with Crippen LogP contribution in [0.25, 0.3) is 11.3 Å².